The number of fused-ring (bicyclic) bond motifs is 1. The van der Waals surface area contributed by atoms with Crippen LogP contribution >= 0.6 is 0 Å². The maximum absolute atomic E-state index is 12.4. The SMILES string of the molecule is CC(C)(C)NCC(O)COc1ccc2c(=O)cc(-c3cc(O)cc(O)c3)oc2c1. The minimum Gasteiger partial charge on any atom is -0.508 e. The van der Waals surface area contributed by atoms with Crippen LogP contribution in [0.5, 0.6) is 17.2 Å². The third kappa shape index (κ3) is 5.49. The molecule has 7 nitrogen and oxygen atoms in total. The predicted molar refractivity (Wildman–Crippen MR) is 111 cm³/mol. The average molecular weight is 399 g/mol. The summed E-state index contributed by atoms with van der Waals surface area (Å²) in [4.78, 5) is 12.4. The molecule has 0 radical (unpaired) electrons. The summed E-state index contributed by atoms with van der Waals surface area (Å²) in [5.74, 6) is 0.377. The van der Waals surface area contributed by atoms with Crippen LogP contribution in [0.2, 0.25) is 0 Å². The topological polar surface area (TPSA) is 112 Å². The summed E-state index contributed by atoms with van der Waals surface area (Å²) in [5.41, 5.74) is 0.306. The van der Waals surface area contributed by atoms with Gasteiger partial charge in [0.05, 0.1) is 5.39 Å². The molecule has 0 saturated heterocycles. The highest BCUT2D eigenvalue weighted by Crippen LogP contribution is 2.30. The summed E-state index contributed by atoms with van der Waals surface area (Å²) in [6, 6.07) is 10.1. The van der Waals surface area contributed by atoms with Crippen molar-refractivity contribution in [3.8, 4) is 28.6 Å². The van der Waals surface area contributed by atoms with Crippen molar-refractivity contribution >= 4 is 11.0 Å². The first-order valence-corrected chi connectivity index (χ1v) is 9.28. The van der Waals surface area contributed by atoms with E-state index in [4.69, 9.17) is 9.15 Å². The lowest BCUT2D eigenvalue weighted by Gasteiger charge is -2.22. The molecule has 7 heteroatoms. The summed E-state index contributed by atoms with van der Waals surface area (Å²) in [7, 11) is 0. The van der Waals surface area contributed by atoms with Gasteiger partial charge in [0.25, 0.3) is 0 Å². The van der Waals surface area contributed by atoms with Gasteiger partial charge in [0.15, 0.2) is 5.43 Å². The summed E-state index contributed by atoms with van der Waals surface area (Å²) in [6.07, 6.45) is -0.696. The summed E-state index contributed by atoms with van der Waals surface area (Å²) in [6.45, 7) is 6.50. The fourth-order valence-electron chi connectivity index (χ4n) is 2.78. The van der Waals surface area contributed by atoms with Crippen molar-refractivity contribution in [3.05, 3.63) is 52.7 Å². The molecule has 0 saturated carbocycles. The van der Waals surface area contributed by atoms with Gasteiger partial charge in [-0.05, 0) is 45.0 Å². The molecule has 0 spiro atoms. The van der Waals surface area contributed by atoms with Crippen LogP contribution in [0, 0.1) is 0 Å². The number of phenols is 2. The van der Waals surface area contributed by atoms with Gasteiger partial charge in [-0.15, -0.1) is 0 Å². The van der Waals surface area contributed by atoms with Gasteiger partial charge in [0.2, 0.25) is 0 Å². The van der Waals surface area contributed by atoms with E-state index >= 15 is 0 Å². The number of rotatable bonds is 6. The Kier molecular flexibility index (Phi) is 5.81. The monoisotopic (exact) mass is 399 g/mol. The Hall–Kier alpha value is -3.03. The Bertz CT molecular complexity index is 1050. The van der Waals surface area contributed by atoms with E-state index in [1.165, 1.54) is 24.3 Å². The van der Waals surface area contributed by atoms with Crippen molar-refractivity contribution in [3.63, 3.8) is 0 Å². The summed E-state index contributed by atoms with van der Waals surface area (Å²) in [5, 5.41) is 33.0. The quantitative estimate of drug-likeness (QED) is 0.504. The second-order valence-corrected chi connectivity index (χ2v) is 7.97. The highest BCUT2D eigenvalue weighted by Gasteiger charge is 2.14. The van der Waals surface area contributed by atoms with E-state index < -0.39 is 6.10 Å². The van der Waals surface area contributed by atoms with Gasteiger partial charge >= 0.3 is 0 Å². The molecule has 1 heterocycles. The highest BCUT2D eigenvalue weighted by atomic mass is 16.5. The molecule has 0 bridgehead atoms. The molecule has 2 aromatic carbocycles. The number of aromatic hydroxyl groups is 2. The van der Waals surface area contributed by atoms with Crippen molar-refractivity contribution in [1.82, 2.24) is 5.32 Å². The number of hydrogen-bond donors (Lipinski definition) is 4. The lowest BCUT2D eigenvalue weighted by Crippen LogP contribution is -2.42. The summed E-state index contributed by atoms with van der Waals surface area (Å²) >= 11 is 0. The highest BCUT2D eigenvalue weighted by molar-refractivity contribution is 5.80. The molecular weight excluding hydrogens is 374 g/mol. The van der Waals surface area contributed by atoms with Gasteiger partial charge < -0.3 is 29.8 Å². The van der Waals surface area contributed by atoms with Crippen molar-refractivity contribution in [2.75, 3.05) is 13.2 Å². The van der Waals surface area contributed by atoms with Crippen LogP contribution in [0.4, 0.5) is 0 Å². The minimum atomic E-state index is -0.696. The normalized spacial score (nSPS) is 12.8. The van der Waals surface area contributed by atoms with Crippen molar-refractivity contribution in [2.24, 2.45) is 0 Å². The van der Waals surface area contributed by atoms with E-state index in [0.29, 0.717) is 28.8 Å². The van der Waals surface area contributed by atoms with Crippen LogP contribution in [0.3, 0.4) is 0 Å². The Morgan fingerprint density at radius 3 is 2.41 bits per heavy atom. The second kappa shape index (κ2) is 8.14. The van der Waals surface area contributed by atoms with E-state index in [1.54, 1.807) is 18.2 Å². The van der Waals surface area contributed by atoms with Crippen LogP contribution in [0.25, 0.3) is 22.3 Å². The van der Waals surface area contributed by atoms with Gasteiger partial charge in [-0.1, -0.05) is 0 Å². The molecule has 3 aromatic rings. The van der Waals surface area contributed by atoms with Crippen LogP contribution < -0.4 is 15.5 Å². The number of aliphatic hydroxyl groups is 1. The molecule has 1 atom stereocenters. The largest absolute Gasteiger partial charge is 0.508 e. The first-order chi connectivity index (χ1) is 13.6. The second-order valence-electron chi connectivity index (χ2n) is 7.97. The van der Waals surface area contributed by atoms with Crippen LogP contribution in [0.1, 0.15) is 20.8 Å². The van der Waals surface area contributed by atoms with Crippen molar-refractivity contribution in [2.45, 2.75) is 32.4 Å². The Morgan fingerprint density at radius 2 is 1.76 bits per heavy atom. The predicted octanol–water partition coefficient (Wildman–Crippen LogP) is 3.00. The molecule has 1 aromatic heterocycles. The molecule has 0 fully saturated rings. The standard InChI is InChI=1S/C22H25NO6/c1-22(2,3)23-11-16(26)12-28-17-4-5-18-19(27)10-20(29-21(18)9-17)13-6-14(24)8-15(25)7-13/h4-10,16,23-26H,11-12H2,1-3H3. The number of benzene rings is 2. The molecule has 3 rings (SSSR count). The maximum atomic E-state index is 12.4. The minimum absolute atomic E-state index is 0.0823. The van der Waals surface area contributed by atoms with E-state index in [-0.39, 0.29) is 34.8 Å². The molecule has 0 amide bonds. The molecular formula is C22H25NO6. The number of β-amino-alcohol motifs (C(OH)–C–C–N with tert-alkyl or cyclic N) is 1. The number of ether oxygens (including phenoxy) is 1. The van der Waals surface area contributed by atoms with Gasteiger partial charge in [-0.2, -0.15) is 0 Å². The van der Waals surface area contributed by atoms with E-state index in [1.807, 2.05) is 20.8 Å². The zero-order valence-electron chi connectivity index (χ0n) is 16.6. The molecule has 0 aliphatic heterocycles. The smallest absolute Gasteiger partial charge is 0.193 e. The first-order valence-electron chi connectivity index (χ1n) is 9.28. The summed E-state index contributed by atoms with van der Waals surface area (Å²) < 4.78 is 11.4. The Balaban J connectivity index is 1.82. The molecule has 1 unspecified atom stereocenters. The molecule has 29 heavy (non-hydrogen) atoms. The van der Waals surface area contributed by atoms with Crippen molar-refractivity contribution in [1.29, 1.82) is 0 Å². The van der Waals surface area contributed by atoms with E-state index in [2.05, 4.69) is 5.32 Å². The fourth-order valence-corrected chi connectivity index (χ4v) is 2.78. The number of hydrogen-bond acceptors (Lipinski definition) is 7. The average Bonchev–Trinajstić information content (AvgIpc) is 2.63. The lowest BCUT2D eigenvalue weighted by molar-refractivity contribution is 0.100. The third-order valence-corrected chi connectivity index (χ3v) is 4.20. The van der Waals surface area contributed by atoms with Gasteiger partial charge in [0, 0.05) is 35.8 Å². The molecule has 4 N–H and O–H groups in total. The number of nitrogens with one attached hydrogen (secondary N) is 1. The van der Waals surface area contributed by atoms with Crippen LogP contribution in [0.15, 0.2) is 51.7 Å². The van der Waals surface area contributed by atoms with E-state index in [9.17, 15) is 20.1 Å². The third-order valence-electron chi connectivity index (χ3n) is 4.20. The number of aliphatic hydroxyl groups excluding tert-OH is 1. The van der Waals surface area contributed by atoms with Crippen LogP contribution in [-0.4, -0.2) is 40.1 Å². The fraction of sp³-hybridized carbons (Fsp3) is 0.318. The molecule has 0 aliphatic rings. The first kappa shape index (κ1) is 20.7. The van der Waals surface area contributed by atoms with Gasteiger partial charge in [-0.25, -0.2) is 0 Å². The maximum Gasteiger partial charge on any atom is 0.193 e. The van der Waals surface area contributed by atoms with Gasteiger partial charge in [0.1, 0.15) is 41.3 Å². The number of phenolic OH excluding ortho intramolecular Hbond substituents is 2. The molecule has 154 valence electrons. The molecule has 0 aliphatic carbocycles. The van der Waals surface area contributed by atoms with Crippen molar-refractivity contribution < 1.29 is 24.5 Å². The lowest BCUT2D eigenvalue weighted by atomic mass is 10.1. The van der Waals surface area contributed by atoms with Crippen LogP contribution in [-0.2, 0) is 0 Å². The van der Waals surface area contributed by atoms with Gasteiger partial charge in [-0.3, -0.25) is 4.79 Å². The Labute approximate surface area is 168 Å². The Morgan fingerprint density at radius 1 is 1.07 bits per heavy atom. The zero-order valence-corrected chi connectivity index (χ0v) is 16.6. The zero-order chi connectivity index (χ0) is 21.2. The van der Waals surface area contributed by atoms with E-state index in [0.717, 1.165) is 0 Å².